The van der Waals surface area contributed by atoms with Gasteiger partial charge in [-0.1, -0.05) is 48.9 Å². The third-order valence-corrected chi connectivity index (χ3v) is 5.39. The molecule has 0 saturated carbocycles. The minimum Gasteiger partial charge on any atom is -0.358 e. The molecule has 1 atom stereocenters. The Morgan fingerprint density at radius 2 is 1.77 bits per heavy atom. The maximum atomic E-state index is 13.1. The molecule has 3 aromatic rings. The first kappa shape index (κ1) is 22.4. The first-order valence-corrected chi connectivity index (χ1v) is 10.9. The Morgan fingerprint density at radius 3 is 2.55 bits per heavy atom. The minimum atomic E-state index is -0.349. The monoisotopic (exact) mass is 419 g/mol. The number of unbranched alkanes of at least 4 members (excludes halogenated alkanes) is 3. The molecule has 4 N–H and O–H groups in total. The largest absolute Gasteiger partial charge is 0.358 e. The molecule has 31 heavy (non-hydrogen) atoms. The van der Waals surface area contributed by atoms with Crippen molar-refractivity contribution in [2.24, 2.45) is 0 Å². The summed E-state index contributed by atoms with van der Waals surface area (Å²) in [6.07, 6.45) is 7.55. The molecule has 3 rings (SSSR count). The maximum Gasteiger partial charge on any atom is 0.258 e. The van der Waals surface area contributed by atoms with E-state index in [0.29, 0.717) is 23.3 Å². The molecular formula is C25H31N4O2+. The highest BCUT2D eigenvalue weighted by Gasteiger charge is 2.22. The highest BCUT2D eigenvalue weighted by molar-refractivity contribution is 5.92. The van der Waals surface area contributed by atoms with Crippen LogP contribution in [-0.4, -0.2) is 33.9 Å². The molecule has 0 saturated heterocycles. The summed E-state index contributed by atoms with van der Waals surface area (Å²) in [4.78, 5) is 34.9. The van der Waals surface area contributed by atoms with E-state index in [1.165, 1.54) is 0 Å². The zero-order valence-electron chi connectivity index (χ0n) is 18.1. The lowest BCUT2D eigenvalue weighted by Gasteiger charge is -2.28. The van der Waals surface area contributed by atoms with Gasteiger partial charge in [0.1, 0.15) is 5.82 Å². The Labute approximate surface area is 182 Å². The molecule has 0 fully saturated rings. The average molecular weight is 420 g/mol. The van der Waals surface area contributed by atoms with Gasteiger partial charge >= 0.3 is 0 Å². The number of nitrogens with one attached hydrogen (secondary N) is 1. The highest BCUT2D eigenvalue weighted by atomic mass is 16.2. The predicted molar refractivity (Wildman–Crippen MR) is 124 cm³/mol. The van der Waals surface area contributed by atoms with Crippen molar-refractivity contribution in [1.29, 1.82) is 0 Å². The van der Waals surface area contributed by atoms with Gasteiger partial charge in [-0.05, 0) is 50.0 Å². The van der Waals surface area contributed by atoms with Crippen molar-refractivity contribution < 1.29 is 10.5 Å². The predicted octanol–water partition coefficient (Wildman–Crippen LogP) is 3.33. The number of rotatable bonds is 10. The first-order chi connectivity index (χ1) is 15.1. The summed E-state index contributed by atoms with van der Waals surface area (Å²) >= 11 is 0. The van der Waals surface area contributed by atoms with Crippen LogP contribution in [0.2, 0.25) is 0 Å². The minimum absolute atomic E-state index is 0.0932. The van der Waals surface area contributed by atoms with E-state index >= 15 is 0 Å². The highest BCUT2D eigenvalue weighted by Crippen LogP contribution is 2.20. The number of H-pyrrole nitrogens is 1. The standard InChI is InChI=1S/C25H30N4O2/c1-19(24-27-22-14-8-7-13-21(22)25(31)28-24)29(18-10-3-2-9-17-26)23(30)16-15-20-11-5-4-6-12-20/h4-8,11-16,19H,2-3,9-10,17-18,26H2,1H3,(H,27,28,31)/p+1/b16-15+/t19-/m0/s1. The number of carbonyl (C=O) groups is 1. The first-order valence-electron chi connectivity index (χ1n) is 10.9. The van der Waals surface area contributed by atoms with E-state index in [1.807, 2.05) is 61.5 Å². The van der Waals surface area contributed by atoms with Crippen LogP contribution in [0, 0.1) is 0 Å². The molecule has 6 nitrogen and oxygen atoms in total. The molecule has 1 aromatic heterocycles. The van der Waals surface area contributed by atoms with Crippen molar-refractivity contribution >= 4 is 22.9 Å². The van der Waals surface area contributed by atoms with Gasteiger partial charge in [0, 0.05) is 12.6 Å². The molecular weight excluding hydrogens is 388 g/mol. The zero-order chi connectivity index (χ0) is 22.1. The van der Waals surface area contributed by atoms with Gasteiger partial charge in [0.25, 0.3) is 5.56 Å². The van der Waals surface area contributed by atoms with Crippen molar-refractivity contribution in [3.63, 3.8) is 0 Å². The number of hydrogen-bond donors (Lipinski definition) is 2. The van der Waals surface area contributed by atoms with Gasteiger partial charge in [-0.15, -0.1) is 0 Å². The number of benzene rings is 2. The Kier molecular flexibility index (Phi) is 8.12. The Hall–Kier alpha value is -3.25. The second-order valence-corrected chi connectivity index (χ2v) is 7.69. The summed E-state index contributed by atoms with van der Waals surface area (Å²) in [5, 5.41) is 0.550. The smallest absolute Gasteiger partial charge is 0.258 e. The van der Waals surface area contributed by atoms with E-state index in [4.69, 9.17) is 0 Å². The number of nitrogens with zero attached hydrogens (tertiary/aromatic N) is 2. The van der Waals surface area contributed by atoms with Crippen molar-refractivity contribution in [3.8, 4) is 0 Å². The fourth-order valence-electron chi connectivity index (χ4n) is 3.58. The van der Waals surface area contributed by atoms with Gasteiger partial charge in [-0.3, -0.25) is 9.59 Å². The van der Waals surface area contributed by atoms with E-state index in [0.717, 1.165) is 37.8 Å². The molecule has 0 aliphatic heterocycles. The van der Waals surface area contributed by atoms with Gasteiger partial charge in [0.05, 0.1) is 23.5 Å². The summed E-state index contributed by atoms with van der Waals surface area (Å²) < 4.78 is 0. The number of para-hydroxylation sites is 1. The molecule has 1 amide bonds. The SMILES string of the molecule is C[C@@H](c1nc2ccccc2c(=O)[nH]1)N(CCCCCC[NH3+])C(=O)/C=C/c1ccccc1. The van der Waals surface area contributed by atoms with Crippen LogP contribution in [0.25, 0.3) is 17.0 Å². The average Bonchev–Trinajstić information content (AvgIpc) is 2.80. The van der Waals surface area contributed by atoms with Gasteiger partial charge in [-0.2, -0.15) is 0 Å². The van der Waals surface area contributed by atoms with Gasteiger partial charge in [0.15, 0.2) is 0 Å². The van der Waals surface area contributed by atoms with Crippen LogP contribution < -0.4 is 11.3 Å². The molecule has 0 spiro atoms. The lowest BCUT2D eigenvalue weighted by molar-refractivity contribution is -0.368. The molecule has 0 aliphatic carbocycles. The van der Waals surface area contributed by atoms with Crippen LogP contribution >= 0.6 is 0 Å². The van der Waals surface area contributed by atoms with Gasteiger partial charge in [0.2, 0.25) is 5.91 Å². The third-order valence-electron chi connectivity index (χ3n) is 5.39. The van der Waals surface area contributed by atoms with Crippen LogP contribution in [0.3, 0.4) is 0 Å². The molecule has 0 radical (unpaired) electrons. The van der Waals surface area contributed by atoms with Gasteiger partial charge < -0.3 is 15.6 Å². The van der Waals surface area contributed by atoms with Crippen LogP contribution in [0.1, 0.15) is 50.0 Å². The molecule has 0 aliphatic rings. The summed E-state index contributed by atoms with van der Waals surface area (Å²) in [5.74, 6) is 0.409. The molecule has 6 heteroatoms. The number of carbonyl (C=O) groups excluding carboxylic acids is 1. The summed E-state index contributed by atoms with van der Waals surface area (Å²) in [5.41, 5.74) is 5.30. The lowest BCUT2D eigenvalue weighted by Crippen LogP contribution is -2.50. The number of fused-ring (bicyclic) bond motifs is 1. The molecule has 1 heterocycles. The second-order valence-electron chi connectivity index (χ2n) is 7.69. The number of aromatic nitrogens is 2. The number of aromatic amines is 1. The number of quaternary nitrogens is 1. The number of amides is 1. The van der Waals surface area contributed by atoms with Crippen molar-refractivity contribution in [2.75, 3.05) is 13.1 Å². The van der Waals surface area contributed by atoms with E-state index in [1.54, 1.807) is 17.0 Å². The van der Waals surface area contributed by atoms with Crippen LogP contribution in [0.15, 0.2) is 65.5 Å². The van der Waals surface area contributed by atoms with Crippen molar-refractivity contribution in [1.82, 2.24) is 14.9 Å². The zero-order valence-corrected chi connectivity index (χ0v) is 18.1. The van der Waals surface area contributed by atoms with Crippen LogP contribution in [0.4, 0.5) is 0 Å². The summed E-state index contributed by atoms with van der Waals surface area (Å²) in [6, 6.07) is 16.6. The quantitative estimate of drug-likeness (QED) is 0.390. The number of hydrogen-bond acceptors (Lipinski definition) is 3. The van der Waals surface area contributed by atoms with E-state index in [2.05, 4.69) is 15.7 Å². The second kappa shape index (κ2) is 11.2. The molecule has 2 aromatic carbocycles. The normalized spacial score (nSPS) is 12.3. The van der Waals surface area contributed by atoms with E-state index in [-0.39, 0.29) is 17.5 Å². The Balaban J connectivity index is 1.83. The topological polar surface area (TPSA) is 93.7 Å². The summed E-state index contributed by atoms with van der Waals surface area (Å²) in [7, 11) is 0. The fraction of sp³-hybridized carbons (Fsp3) is 0.320. The summed E-state index contributed by atoms with van der Waals surface area (Å²) in [6.45, 7) is 3.45. The maximum absolute atomic E-state index is 13.1. The van der Waals surface area contributed by atoms with Crippen LogP contribution in [-0.2, 0) is 4.79 Å². The van der Waals surface area contributed by atoms with Gasteiger partial charge in [-0.25, -0.2) is 4.98 Å². The van der Waals surface area contributed by atoms with E-state index < -0.39 is 0 Å². The van der Waals surface area contributed by atoms with Crippen molar-refractivity contribution in [3.05, 3.63) is 82.4 Å². The Bertz CT molecular complexity index is 1080. The third kappa shape index (κ3) is 6.12. The van der Waals surface area contributed by atoms with Crippen LogP contribution in [0.5, 0.6) is 0 Å². The fourth-order valence-corrected chi connectivity index (χ4v) is 3.58. The molecule has 0 unspecified atom stereocenters. The molecule has 0 bridgehead atoms. The molecule has 162 valence electrons. The lowest BCUT2D eigenvalue weighted by atomic mass is 10.1. The Morgan fingerprint density at radius 1 is 1.06 bits per heavy atom. The van der Waals surface area contributed by atoms with Crippen molar-refractivity contribution in [2.45, 2.75) is 38.6 Å². The van der Waals surface area contributed by atoms with E-state index in [9.17, 15) is 9.59 Å².